The van der Waals surface area contributed by atoms with Crippen LogP contribution in [0.25, 0.3) is 0 Å². The molecule has 130 valence electrons. The van der Waals surface area contributed by atoms with Crippen LogP contribution < -0.4 is 4.90 Å². The molecule has 0 aliphatic carbocycles. The van der Waals surface area contributed by atoms with Gasteiger partial charge in [-0.25, -0.2) is 4.90 Å². The third-order valence-electron chi connectivity index (χ3n) is 5.20. The molecule has 2 fully saturated rings. The fourth-order valence-electron chi connectivity index (χ4n) is 3.57. The van der Waals surface area contributed by atoms with Gasteiger partial charge < -0.3 is 5.11 Å². The molecule has 0 saturated carbocycles. The molecule has 1 aromatic carbocycles. The van der Waals surface area contributed by atoms with Crippen LogP contribution in [0.4, 0.5) is 5.69 Å². The Bertz CT molecular complexity index is 638. The van der Waals surface area contributed by atoms with Crippen molar-refractivity contribution in [3.05, 3.63) is 29.3 Å². The van der Waals surface area contributed by atoms with Gasteiger partial charge in [-0.3, -0.25) is 19.4 Å². The number of piperazine rings is 1. The maximum atomic E-state index is 12.9. The number of hydrogen-bond donors (Lipinski definition) is 1. The largest absolute Gasteiger partial charge is 0.395 e. The molecule has 0 radical (unpaired) electrons. The zero-order valence-corrected chi connectivity index (χ0v) is 14.4. The summed E-state index contributed by atoms with van der Waals surface area (Å²) in [6, 6.07) is 5.37. The van der Waals surface area contributed by atoms with E-state index in [0.29, 0.717) is 12.2 Å². The van der Waals surface area contributed by atoms with Crippen molar-refractivity contribution in [3.63, 3.8) is 0 Å². The maximum absolute atomic E-state index is 12.9. The first-order chi connectivity index (χ1) is 11.5. The van der Waals surface area contributed by atoms with Crippen LogP contribution in [0, 0.1) is 13.8 Å². The summed E-state index contributed by atoms with van der Waals surface area (Å²) < 4.78 is 0. The Morgan fingerprint density at radius 3 is 2.50 bits per heavy atom. The fourth-order valence-corrected chi connectivity index (χ4v) is 3.57. The second-order valence-corrected chi connectivity index (χ2v) is 6.61. The lowest BCUT2D eigenvalue weighted by Crippen LogP contribution is -2.53. The molecule has 2 heterocycles. The molecule has 2 aliphatic rings. The van der Waals surface area contributed by atoms with Crippen molar-refractivity contribution in [3.8, 4) is 0 Å². The number of anilines is 1. The van der Waals surface area contributed by atoms with Gasteiger partial charge in [-0.15, -0.1) is 0 Å². The van der Waals surface area contributed by atoms with Gasteiger partial charge in [0.05, 0.1) is 24.8 Å². The van der Waals surface area contributed by atoms with Crippen LogP contribution in [-0.2, 0) is 9.59 Å². The first-order valence-electron chi connectivity index (χ1n) is 8.53. The third-order valence-corrected chi connectivity index (χ3v) is 5.20. The highest BCUT2D eigenvalue weighted by Crippen LogP contribution is 2.30. The van der Waals surface area contributed by atoms with Gasteiger partial charge in [0.2, 0.25) is 5.91 Å². The van der Waals surface area contributed by atoms with Crippen LogP contribution in [0.15, 0.2) is 18.2 Å². The molecular formula is C18H25N3O3. The third kappa shape index (κ3) is 3.09. The molecule has 1 atom stereocenters. The summed E-state index contributed by atoms with van der Waals surface area (Å²) in [7, 11) is 0. The number of aryl methyl sites for hydroxylation is 1. The van der Waals surface area contributed by atoms with Crippen molar-refractivity contribution in [2.45, 2.75) is 26.3 Å². The van der Waals surface area contributed by atoms with E-state index in [9.17, 15) is 9.59 Å². The molecule has 0 aromatic heterocycles. The second kappa shape index (κ2) is 7.01. The molecule has 2 amide bonds. The molecule has 6 heteroatoms. The van der Waals surface area contributed by atoms with Crippen LogP contribution >= 0.6 is 0 Å². The Balaban J connectivity index is 1.74. The Labute approximate surface area is 142 Å². The number of aliphatic hydroxyl groups is 1. The summed E-state index contributed by atoms with van der Waals surface area (Å²) in [6.07, 6.45) is 0.256. The van der Waals surface area contributed by atoms with Crippen molar-refractivity contribution < 1.29 is 14.7 Å². The first kappa shape index (κ1) is 17.1. The second-order valence-electron chi connectivity index (χ2n) is 6.61. The summed E-state index contributed by atoms with van der Waals surface area (Å²) in [4.78, 5) is 31.1. The topological polar surface area (TPSA) is 64.1 Å². The molecule has 0 bridgehead atoms. The molecule has 3 rings (SSSR count). The van der Waals surface area contributed by atoms with Gasteiger partial charge >= 0.3 is 0 Å². The van der Waals surface area contributed by atoms with Crippen LogP contribution in [0.2, 0.25) is 0 Å². The number of carbonyl (C=O) groups is 2. The van der Waals surface area contributed by atoms with E-state index in [0.717, 1.165) is 37.3 Å². The predicted molar refractivity (Wildman–Crippen MR) is 91.9 cm³/mol. The van der Waals surface area contributed by atoms with E-state index >= 15 is 0 Å². The van der Waals surface area contributed by atoms with Gasteiger partial charge in [0.1, 0.15) is 0 Å². The minimum absolute atomic E-state index is 0.107. The highest BCUT2D eigenvalue weighted by molar-refractivity contribution is 6.22. The highest BCUT2D eigenvalue weighted by Gasteiger charge is 2.43. The van der Waals surface area contributed by atoms with Crippen LogP contribution in [-0.4, -0.2) is 72.1 Å². The number of amides is 2. The summed E-state index contributed by atoms with van der Waals surface area (Å²) >= 11 is 0. The van der Waals surface area contributed by atoms with E-state index in [4.69, 9.17) is 5.11 Å². The predicted octanol–water partition coefficient (Wildman–Crippen LogP) is 0.545. The lowest BCUT2D eigenvalue weighted by molar-refractivity contribution is -0.123. The quantitative estimate of drug-likeness (QED) is 0.816. The minimum atomic E-state index is -0.353. The standard InChI is InChI=1S/C18H25N3O3/c1-13-4-3-5-15(14(13)2)21-17(23)12-16(18(21)24)20-8-6-19(7-9-20)10-11-22/h3-5,16,22H,6-12H2,1-2H3. The maximum Gasteiger partial charge on any atom is 0.251 e. The summed E-state index contributed by atoms with van der Waals surface area (Å²) in [5, 5.41) is 9.02. The van der Waals surface area contributed by atoms with Gasteiger partial charge in [-0.05, 0) is 31.0 Å². The van der Waals surface area contributed by atoms with E-state index in [2.05, 4.69) is 9.80 Å². The molecule has 24 heavy (non-hydrogen) atoms. The van der Waals surface area contributed by atoms with Crippen molar-refractivity contribution in [2.75, 3.05) is 44.2 Å². The number of imide groups is 1. The zero-order valence-electron chi connectivity index (χ0n) is 14.4. The number of rotatable bonds is 4. The first-order valence-corrected chi connectivity index (χ1v) is 8.53. The Morgan fingerprint density at radius 1 is 1.12 bits per heavy atom. The van der Waals surface area contributed by atoms with Crippen LogP contribution in [0.3, 0.4) is 0 Å². The Morgan fingerprint density at radius 2 is 1.83 bits per heavy atom. The normalized spacial score (nSPS) is 23.3. The number of nitrogens with zero attached hydrogens (tertiary/aromatic N) is 3. The van der Waals surface area contributed by atoms with Gasteiger partial charge in [-0.1, -0.05) is 12.1 Å². The van der Waals surface area contributed by atoms with E-state index in [-0.39, 0.29) is 30.9 Å². The highest BCUT2D eigenvalue weighted by atomic mass is 16.3. The van der Waals surface area contributed by atoms with E-state index in [1.54, 1.807) is 0 Å². The van der Waals surface area contributed by atoms with Gasteiger partial charge in [0.25, 0.3) is 5.91 Å². The van der Waals surface area contributed by atoms with Crippen molar-refractivity contribution in [1.82, 2.24) is 9.80 Å². The molecule has 0 spiro atoms. The van der Waals surface area contributed by atoms with Gasteiger partial charge in [0, 0.05) is 32.7 Å². The lowest BCUT2D eigenvalue weighted by Gasteiger charge is -2.36. The molecule has 1 unspecified atom stereocenters. The molecular weight excluding hydrogens is 306 g/mol. The summed E-state index contributed by atoms with van der Waals surface area (Å²) in [5.41, 5.74) is 2.77. The van der Waals surface area contributed by atoms with Gasteiger partial charge in [-0.2, -0.15) is 0 Å². The average Bonchev–Trinajstić information content (AvgIpc) is 2.86. The monoisotopic (exact) mass is 331 g/mol. The summed E-state index contributed by atoms with van der Waals surface area (Å²) in [6.45, 7) is 7.91. The van der Waals surface area contributed by atoms with Crippen molar-refractivity contribution >= 4 is 17.5 Å². The minimum Gasteiger partial charge on any atom is -0.395 e. The van der Waals surface area contributed by atoms with Gasteiger partial charge in [0.15, 0.2) is 0 Å². The lowest BCUT2D eigenvalue weighted by atomic mass is 10.1. The number of carbonyl (C=O) groups excluding carboxylic acids is 2. The molecule has 1 aromatic rings. The van der Waals surface area contributed by atoms with Crippen molar-refractivity contribution in [1.29, 1.82) is 0 Å². The molecule has 2 aliphatic heterocycles. The van der Waals surface area contributed by atoms with Crippen LogP contribution in [0.1, 0.15) is 17.5 Å². The van der Waals surface area contributed by atoms with Crippen LogP contribution in [0.5, 0.6) is 0 Å². The Hall–Kier alpha value is -1.76. The summed E-state index contributed by atoms with van der Waals surface area (Å²) in [5.74, 6) is -0.221. The number of aliphatic hydroxyl groups excluding tert-OH is 1. The van der Waals surface area contributed by atoms with E-state index in [1.165, 1.54) is 4.90 Å². The molecule has 6 nitrogen and oxygen atoms in total. The number of β-amino-alcohol motifs (C(OH)–C–C–N with tert-alkyl or cyclic N) is 1. The van der Waals surface area contributed by atoms with E-state index in [1.807, 2.05) is 32.0 Å². The smallest absolute Gasteiger partial charge is 0.251 e. The average molecular weight is 331 g/mol. The fraction of sp³-hybridized carbons (Fsp3) is 0.556. The number of benzene rings is 1. The molecule has 2 saturated heterocycles. The number of hydrogen-bond acceptors (Lipinski definition) is 5. The molecule has 1 N–H and O–H groups in total. The Kier molecular flexibility index (Phi) is 4.99. The van der Waals surface area contributed by atoms with E-state index < -0.39 is 0 Å². The zero-order chi connectivity index (χ0) is 17.3. The SMILES string of the molecule is Cc1cccc(N2C(=O)CC(N3CCN(CCO)CC3)C2=O)c1C. The van der Waals surface area contributed by atoms with Crippen molar-refractivity contribution in [2.24, 2.45) is 0 Å².